The van der Waals surface area contributed by atoms with Crippen LogP contribution in [0.5, 0.6) is 0 Å². The average Bonchev–Trinajstić information content (AvgIpc) is 3.13. The van der Waals surface area contributed by atoms with Crippen molar-refractivity contribution in [3.8, 4) is 0 Å². The van der Waals surface area contributed by atoms with E-state index in [-0.39, 0.29) is 24.0 Å². The van der Waals surface area contributed by atoms with Crippen LogP contribution in [0.15, 0.2) is 34.0 Å². The molecule has 154 valence electrons. The topological polar surface area (TPSA) is 65.0 Å². The van der Waals surface area contributed by atoms with Crippen LogP contribution in [0, 0.1) is 0 Å². The number of rotatable bonds is 8. The van der Waals surface area contributed by atoms with E-state index in [2.05, 4.69) is 21.8 Å². The Bertz CT molecular complexity index is 713. The number of hydrogen-bond acceptors (Lipinski definition) is 4. The number of nitrogens with zero attached hydrogens (tertiary/aromatic N) is 3. The second-order valence-electron chi connectivity index (χ2n) is 6.44. The van der Waals surface area contributed by atoms with E-state index in [9.17, 15) is 8.42 Å². The van der Waals surface area contributed by atoms with Crippen molar-refractivity contribution >= 4 is 51.3 Å². The summed E-state index contributed by atoms with van der Waals surface area (Å²) in [6.45, 7) is 6.47. The number of unbranched alkanes of at least 4 members (excludes halogenated alkanes) is 1. The zero-order valence-electron chi connectivity index (χ0n) is 16.2. The van der Waals surface area contributed by atoms with Gasteiger partial charge in [-0.25, -0.2) is 8.42 Å². The summed E-state index contributed by atoms with van der Waals surface area (Å²) in [6, 6.07) is 3.61. The Hall–Kier alpha value is -0.650. The van der Waals surface area contributed by atoms with E-state index in [4.69, 9.17) is 0 Å². The Labute approximate surface area is 184 Å². The summed E-state index contributed by atoms with van der Waals surface area (Å²) in [5, 5.41) is 3.31. The monoisotopic (exact) mass is 526 g/mol. The highest BCUT2D eigenvalue weighted by Crippen LogP contribution is 2.27. The molecule has 1 aliphatic heterocycles. The SMILES string of the molecule is C=CCCCN(C)C(=NC)NCc1ccc(S(=O)(=O)N2CCCCC2)s1.I. The summed E-state index contributed by atoms with van der Waals surface area (Å²) >= 11 is 1.34. The van der Waals surface area contributed by atoms with E-state index in [1.54, 1.807) is 17.4 Å². The van der Waals surface area contributed by atoms with Gasteiger partial charge in [-0.3, -0.25) is 4.99 Å². The molecular formula is C18H31IN4O2S2. The Morgan fingerprint density at radius 1 is 1.37 bits per heavy atom. The predicted octanol–water partition coefficient (Wildman–Crippen LogP) is 3.51. The summed E-state index contributed by atoms with van der Waals surface area (Å²) in [6.07, 6.45) is 6.94. The molecule has 0 radical (unpaired) electrons. The number of thiophene rings is 1. The Kier molecular flexibility index (Phi) is 10.9. The third-order valence-corrected chi connectivity index (χ3v) is 7.89. The summed E-state index contributed by atoms with van der Waals surface area (Å²) in [5.74, 6) is 0.808. The van der Waals surface area contributed by atoms with E-state index in [1.165, 1.54) is 11.3 Å². The van der Waals surface area contributed by atoms with Crippen LogP contribution in [-0.2, 0) is 16.6 Å². The maximum Gasteiger partial charge on any atom is 0.252 e. The molecule has 0 unspecified atom stereocenters. The quantitative estimate of drug-likeness (QED) is 0.185. The van der Waals surface area contributed by atoms with Crippen molar-refractivity contribution in [3.63, 3.8) is 0 Å². The molecule has 1 aliphatic rings. The van der Waals surface area contributed by atoms with Gasteiger partial charge in [-0.15, -0.1) is 41.9 Å². The van der Waals surface area contributed by atoms with Crippen molar-refractivity contribution in [2.24, 2.45) is 4.99 Å². The highest BCUT2D eigenvalue weighted by atomic mass is 127. The molecule has 1 aromatic heterocycles. The summed E-state index contributed by atoms with van der Waals surface area (Å²) in [5.41, 5.74) is 0. The van der Waals surface area contributed by atoms with Gasteiger partial charge in [0.05, 0.1) is 6.54 Å². The predicted molar refractivity (Wildman–Crippen MR) is 125 cm³/mol. The molecule has 0 atom stereocenters. The number of halogens is 1. The Morgan fingerprint density at radius 2 is 2.07 bits per heavy atom. The maximum absolute atomic E-state index is 12.7. The largest absolute Gasteiger partial charge is 0.351 e. The van der Waals surface area contributed by atoms with E-state index < -0.39 is 10.0 Å². The van der Waals surface area contributed by atoms with Crippen LogP contribution in [0.3, 0.4) is 0 Å². The average molecular weight is 527 g/mol. The molecule has 1 N–H and O–H groups in total. The third kappa shape index (κ3) is 7.03. The molecule has 2 rings (SSSR count). The van der Waals surface area contributed by atoms with Gasteiger partial charge in [0.1, 0.15) is 4.21 Å². The molecule has 1 saturated heterocycles. The molecule has 1 aromatic rings. The maximum atomic E-state index is 12.7. The molecule has 1 fully saturated rings. The van der Waals surface area contributed by atoms with Crippen molar-refractivity contribution in [1.82, 2.24) is 14.5 Å². The van der Waals surface area contributed by atoms with E-state index in [0.29, 0.717) is 23.8 Å². The molecule has 0 spiro atoms. The fourth-order valence-electron chi connectivity index (χ4n) is 2.95. The lowest BCUT2D eigenvalue weighted by Gasteiger charge is -2.25. The number of sulfonamides is 1. The molecule has 2 heterocycles. The number of guanidine groups is 1. The first-order valence-electron chi connectivity index (χ1n) is 9.10. The van der Waals surface area contributed by atoms with Gasteiger partial charge in [-0.2, -0.15) is 4.31 Å². The summed E-state index contributed by atoms with van der Waals surface area (Å²) in [4.78, 5) is 7.35. The number of aliphatic imine (C=N–C) groups is 1. The first-order valence-corrected chi connectivity index (χ1v) is 11.4. The molecule has 0 aromatic carbocycles. The van der Waals surface area contributed by atoms with E-state index >= 15 is 0 Å². The van der Waals surface area contributed by atoms with Gasteiger partial charge in [-0.05, 0) is 37.8 Å². The Morgan fingerprint density at radius 3 is 2.70 bits per heavy atom. The first-order chi connectivity index (χ1) is 12.5. The number of piperidine rings is 1. The van der Waals surface area contributed by atoms with Crippen LogP contribution in [0.4, 0.5) is 0 Å². The van der Waals surface area contributed by atoms with Crippen LogP contribution in [0.25, 0.3) is 0 Å². The number of hydrogen-bond donors (Lipinski definition) is 1. The van der Waals surface area contributed by atoms with Crippen LogP contribution < -0.4 is 5.32 Å². The lowest BCUT2D eigenvalue weighted by molar-refractivity contribution is 0.347. The zero-order chi connectivity index (χ0) is 19.0. The molecular weight excluding hydrogens is 495 g/mol. The molecule has 9 heteroatoms. The smallest absolute Gasteiger partial charge is 0.252 e. The normalized spacial score (nSPS) is 15.9. The van der Waals surface area contributed by atoms with Gasteiger partial charge < -0.3 is 10.2 Å². The standard InChI is InChI=1S/C18H30N4O2S2.HI/c1-4-5-7-12-21(3)18(19-2)20-15-16-10-11-17(25-16)26(23,24)22-13-8-6-9-14-22;/h4,10-11H,1,5-9,12-15H2,2-3H3,(H,19,20);1H. The number of allylic oxidation sites excluding steroid dienone is 1. The van der Waals surface area contributed by atoms with Gasteiger partial charge in [0.15, 0.2) is 5.96 Å². The summed E-state index contributed by atoms with van der Waals surface area (Å²) < 4.78 is 27.5. The fraction of sp³-hybridized carbons (Fsp3) is 0.611. The van der Waals surface area contributed by atoms with Crippen molar-refractivity contribution in [1.29, 1.82) is 0 Å². The van der Waals surface area contributed by atoms with E-state index in [0.717, 1.165) is 49.5 Å². The van der Waals surface area contributed by atoms with E-state index in [1.807, 2.05) is 19.2 Å². The third-order valence-electron chi connectivity index (χ3n) is 4.44. The van der Waals surface area contributed by atoms with Crippen LogP contribution >= 0.6 is 35.3 Å². The number of nitrogens with one attached hydrogen (secondary N) is 1. The van der Waals surface area contributed by atoms with Crippen molar-refractivity contribution in [2.45, 2.75) is 42.9 Å². The molecule has 27 heavy (non-hydrogen) atoms. The zero-order valence-corrected chi connectivity index (χ0v) is 20.1. The molecule has 0 bridgehead atoms. The second-order valence-corrected chi connectivity index (χ2v) is 9.77. The van der Waals surface area contributed by atoms with Crippen LogP contribution in [-0.4, -0.2) is 57.3 Å². The minimum atomic E-state index is -3.34. The molecule has 6 nitrogen and oxygen atoms in total. The minimum absolute atomic E-state index is 0. The van der Waals surface area contributed by atoms with Crippen molar-refractivity contribution in [2.75, 3.05) is 33.7 Å². The van der Waals surface area contributed by atoms with Crippen LogP contribution in [0.2, 0.25) is 0 Å². The molecule has 0 saturated carbocycles. The summed E-state index contributed by atoms with van der Waals surface area (Å²) in [7, 11) is 0.413. The Balaban J connectivity index is 0.00000364. The fourth-order valence-corrected chi connectivity index (χ4v) is 5.92. The van der Waals surface area contributed by atoms with Crippen molar-refractivity contribution < 1.29 is 8.42 Å². The van der Waals surface area contributed by atoms with Gasteiger partial charge in [-0.1, -0.05) is 12.5 Å². The van der Waals surface area contributed by atoms with Gasteiger partial charge in [0, 0.05) is 38.6 Å². The van der Waals surface area contributed by atoms with Gasteiger partial charge in [0.2, 0.25) is 0 Å². The highest BCUT2D eigenvalue weighted by molar-refractivity contribution is 14.0. The minimum Gasteiger partial charge on any atom is -0.351 e. The van der Waals surface area contributed by atoms with Crippen LogP contribution in [0.1, 0.15) is 37.0 Å². The highest BCUT2D eigenvalue weighted by Gasteiger charge is 2.27. The first kappa shape index (κ1) is 24.4. The van der Waals surface area contributed by atoms with Gasteiger partial charge in [0.25, 0.3) is 10.0 Å². The molecule has 0 aliphatic carbocycles. The van der Waals surface area contributed by atoms with Gasteiger partial charge >= 0.3 is 0 Å². The molecule has 0 amide bonds. The second kappa shape index (κ2) is 12.0. The lowest BCUT2D eigenvalue weighted by atomic mass is 10.2. The lowest BCUT2D eigenvalue weighted by Crippen LogP contribution is -2.38. The van der Waals surface area contributed by atoms with Crippen molar-refractivity contribution in [3.05, 3.63) is 29.7 Å².